The Hall–Kier alpha value is -3.36. The average Bonchev–Trinajstić information content (AvgIpc) is 3.12. The molecule has 0 bridgehead atoms. The van der Waals surface area contributed by atoms with Crippen molar-refractivity contribution in [1.29, 1.82) is 0 Å². The van der Waals surface area contributed by atoms with Crippen molar-refractivity contribution in [1.82, 2.24) is 0 Å². The molecule has 0 N–H and O–H groups in total. The van der Waals surface area contributed by atoms with Crippen molar-refractivity contribution < 1.29 is 19.4 Å². The molecule has 0 aliphatic carbocycles. The van der Waals surface area contributed by atoms with E-state index in [-0.39, 0.29) is 5.91 Å². The third kappa shape index (κ3) is 5.71. The summed E-state index contributed by atoms with van der Waals surface area (Å²) in [6.07, 6.45) is 1.69. The molecule has 1 aliphatic heterocycles. The van der Waals surface area contributed by atoms with E-state index in [9.17, 15) is 14.7 Å². The lowest BCUT2D eigenvalue weighted by Gasteiger charge is -2.17. The zero-order valence-electron chi connectivity index (χ0n) is 20.3. The lowest BCUT2D eigenvalue weighted by Crippen LogP contribution is -2.29. The summed E-state index contributed by atoms with van der Waals surface area (Å²) in [5.74, 6) is -1.22. The number of carbonyl (C=O) groups is 2. The molecule has 3 aromatic carbocycles. The van der Waals surface area contributed by atoms with Crippen LogP contribution in [0.2, 0.25) is 0 Å². The molecule has 0 atom stereocenters. The predicted molar refractivity (Wildman–Crippen MR) is 147 cm³/mol. The van der Waals surface area contributed by atoms with Crippen LogP contribution in [0.4, 0.5) is 11.4 Å². The maximum atomic E-state index is 13.7. The van der Waals surface area contributed by atoms with E-state index in [0.717, 1.165) is 32.5 Å². The van der Waals surface area contributed by atoms with Gasteiger partial charge in [0.05, 0.1) is 22.2 Å². The van der Waals surface area contributed by atoms with E-state index in [4.69, 9.17) is 9.73 Å². The number of aryl methyl sites for hydroxylation is 4. The lowest BCUT2D eigenvalue weighted by atomic mass is 10.1. The summed E-state index contributed by atoms with van der Waals surface area (Å²) in [5.41, 5.74) is 6.52. The van der Waals surface area contributed by atoms with Crippen LogP contribution in [0.1, 0.15) is 27.8 Å². The molecule has 1 amide bonds. The third-order valence-electron chi connectivity index (χ3n) is 5.87. The van der Waals surface area contributed by atoms with Crippen LogP contribution in [0.5, 0.6) is 5.75 Å². The molecule has 4 rings (SSSR count). The molecular formula is C28H24BrN2O4S-. The summed E-state index contributed by atoms with van der Waals surface area (Å²) in [6.45, 7) is 7.51. The highest BCUT2D eigenvalue weighted by Crippen LogP contribution is 2.39. The first-order valence-corrected chi connectivity index (χ1v) is 12.8. The van der Waals surface area contributed by atoms with E-state index in [2.05, 4.69) is 15.9 Å². The molecule has 184 valence electrons. The van der Waals surface area contributed by atoms with E-state index in [1.165, 1.54) is 17.3 Å². The van der Waals surface area contributed by atoms with Gasteiger partial charge < -0.3 is 14.6 Å². The van der Waals surface area contributed by atoms with Crippen molar-refractivity contribution in [3.63, 3.8) is 0 Å². The number of hydrogen-bond donors (Lipinski definition) is 0. The van der Waals surface area contributed by atoms with Crippen LogP contribution >= 0.6 is 27.7 Å². The van der Waals surface area contributed by atoms with Crippen molar-refractivity contribution >= 4 is 62.2 Å². The Morgan fingerprint density at radius 2 is 1.69 bits per heavy atom. The molecule has 1 heterocycles. The van der Waals surface area contributed by atoms with Crippen LogP contribution < -0.4 is 14.7 Å². The normalized spacial score (nSPS) is 15.7. The van der Waals surface area contributed by atoms with Gasteiger partial charge in [-0.15, -0.1) is 0 Å². The Kier molecular flexibility index (Phi) is 7.66. The quantitative estimate of drug-likeness (QED) is 0.363. The number of hydrogen-bond acceptors (Lipinski definition) is 6. The second-order valence-corrected chi connectivity index (χ2v) is 10.5. The van der Waals surface area contributed by atoms with Crippen molar-refractivity contribution in [3.05, 3.63) is 91.8 Å². The maximum Gasteiger partial charge on any atom is 0.271 e. The largest absolute Gasteiger partial charge is 0.546 e. The monoisotopic (exact) mass is 563 g/mol. The van der Waals surface area contributed by atoms with E-state index in [1.807, 2.05) is 64.1 Å². The zero-order valence-corrected chi connectivity index (χ0v) is 22.7. The van der Waals surface area contributed by atoms with Crippen molar-refractivity contribution in [2.24, 2.45) is 4.99 Å². The number of amides is 1. The molecule has 0 spiro atoms. The lowest BCUT2D eigenvalue weighted by molar-refractivity contribution is -0.307. The summed E-state index contributed by atoms with van der Waals surface area (Å²) >= 11 is 4.69. The van der Waals surface area contributed by atoms with Crippen LogP contribution in [0, 0.1) is 27.7 Å². The van der Waals surface area contributed by atoms with E-state index >= 15 is 0 Å². The smallest absolute Gasteiger partial charge is 0.271 e. The third-order valence-corrected chi connectivity index (χ3v) is 7.34. The van der Waals surface area contributed by atoms with Gasteiger partial charge >= 0.3 is 0 Å². The number of aliphatic carboxylic acids is 1. The average molecular weight is 564 g/mol. The number of anilines is 1. The number of carboxylic acids is 1. The Morgan fingerprint density at radius 3 is 2.36 bits per heavy atom. The highest BCUT2D eigenvalue weighted by molar-refractivity contribution is 9.10. The minimum Gasteiger partial charge on any atom is -0.546 e. The van der Waals surface area contributed by atoms with Gasteiger partial charge in [-0.1, -0.05) is 28.1 Å². The molecule has 36 heavy (non-hydrogen) atoms. The molecule has 3 aromatic rings. The molecule has 0 saturated carbocycles. The van der Waals surface area contributed by atoms with Crippen molar-refractivity contribution in [2.75, 3.05) is 11.5 Å². The Balaban J connectivity index is 1.80. The fraction of sp³-hybridized carbons (Fsp3) is 0.179. The minimum absolute atomic E-state index is 0.225. The molecule has 0 unspecified atom stereocenters. The number of aliphatic imine (C=N–C) groups is 1. The zero-order chi connectivity index (χ0) is 26.0. The van der Waals surface area contributed by atoms with Crippen LogP contribution in [-0.2, 0) is 9.59 Å². The van der Waals surface area contributed by atoms with Crippen LogP contribution in [0.3, 0.4) is 0 Å². The molecule has 0 radical (unpaired) electrons. The van der Waals surface area contributed by atoms with E-state index in [0.29, 0.717) is 21.4 Å². The Labute approximate surface area is 222 Å². The standard InChI is InChI=1S/C28H25BrN2O4S/c1-16-5-8-22(11-18(16)3)30-28-31(23-9-6-17(2)19(4)12-23)27(34)25(36-28)14-20-13-21(29)7-10-24(20)35-15-26(32)33/h5-14H,15H2,1-4H3,(H,32,33)/p-1/b25-14-,30-28?. The Bertz CT molecular complexity index is 1430. The molecule has 1 saturated heterocycles. The highest BCUT2D eigenvalue weighted by Gasteiger charge is 2.35. The second kappa shape index (κ2) is 10.7. The fourth-order valence-corrected chi connectivity index (χ4v) is 4.96. The minimum atomic E-state index is -1.33. The summed E-state index contributed by atoms with van der Waals surface area (Å²) in [4.78, 5) is 31.5. The number of carbonyl (C=O) groups excluding carboxylic acids is 2. The topological polar surface area (TPSA) is 82.0 Å². The number of nitrogens with zero attached hydrogens (tertiary/aromatic N) is 2. The van der Waals surface area contributed by atoms with Crippen molar-refractivity contribution in [2.45, 2.75) is 27.7 Å². The van der Waals surface area contributed by atoms with Crippen LogP contribution in [-0.4, -0.2) is 23.7 Å². The van der Waals surface area contributed by atoms with Gasteiger partial charge in [-0.05, 0) is 110 Å². The van der Waals surface area contributed by atoms with Gasteiger partial charge in [0, 0.05) is 10.0 Å². The second-order valence-electron chi connectivity index (χ2n) is 8.53. The van der Waals surface area contributed by atoms with Gasteiger partial charge in [0.1, 0.15) is 12.4 Å². The van der Waals surface area contributed by atoms with Gasteiger partial charge in [-0.25, -0.2) is 4.99 Å². The van der Waals surface area contributed by atoms with Gasteiger partial charge in [0.15, 0.2) is 5.17 Å². The number of rotatable bonds is 6. The molecule has 8 heteroatoms. The first-order valence-electron chi connectivity index (χ1n) is 11.2. The maximum absolute atomic E-state index is 13.7. The van der Waals surface area contributed by atoms with Gasteiger partial charge in [0.25, 0.3) is 5.91 Å². The van der Waals surface area contributed by atoms with Crippen LogP contribution in [0.15, 0.2) is 69.0 Å². The number of benzene rings is 3. The van der Waals surface area contributed by atoms with Gasteiger partial charge in [-0.3, -0.25) is 9.69 Å². The molecule has 6 nitrogen and oxygen atoms in total. The molecule has 0 aromatic heterocycles. The van der Waals surface area contributed by atoms with Gasteiger partial charge in [-0.2, -0.15) is 0 Å². The Morgan fingerprint density at radius 1 is 1.00 bits per heavy atom. The number of carboxylic acid groups (broad SMARTS) is 1. The number of thioether (sulfide) groups is 1. The molecular weight excluding hydrogens is 540 g/mol. The van der Waals surface area contributed by atoms with E-state index < -0.39 is 12.6 Å². The highest BCUT2D eigenvalue weighted by atomic mass is 79.9. The SMILES string of the molecule is Cc1ccc(N=C2S/C(=C\c3cc(Br)ccc3OCC(=O)[O-])C(=O)N2c2ccc(C)c(C)c2)cc1C. The van der Waals surface area contributed by atoms with Crippen LogP contribution in [0.25, 0.3) is 6.08 Å². The summed E-state index contributed by atoms with van der Waals surface area (Å²) < 4.78 is 6.16. The summed E-state index contributed by atoms with van der Waals surface area (Å²) in [6, 6.07) is 17.0. The van der Waals surface area contributed by atoms with Crippen molar-refractivity contribution in [3.8, 4) is 5.75 Å². The summed E-state index contributed by atoms with van der Waals surface area (Å²) in [5, 5.41) is 11.5. The van der Waals surface area contributed by atoms with Gasteiger partial charge in [0.2, 0.25) is 0 Å². The number of ether oxygens (including phenoxy) is 1. The summed E-state index contributed by atoms with van der Waals surface area (Å²) in [7, 11) is 0. The first kappa shape index (κ1) is 25.7. The van der Waals surface area contributed by atoms with E-state index in [1.54, 1.807) is 29.2 Å². The first-order chi connectivity index (χ1) is 17.1. The number of amidine groups is 1. The predicted octanol–water partition coefficient (Wildman–Crippen LogP) is 5.62. The fourth-order valence-electron chi connectivity index (χ4n) is 3.59. The molecule has 1 fully saturated rings. The number of halogens is 1. The molecule has 1 aliphatic rings.